The number of aromatic nitrogens is 3. The van der Waals surface area contributed by atoms with Gasteiger partial charge < -0.3 is 14.3 Å². The van der Waals surface area contributed by atoms with E-state index in [4.69, 9.17) is 8.94 Å². The molecule has 2 aromatic heterocycles. The van der Waals surface area contributed by atoms with Gasteiger partial charge in [-0.2, -0.15) is 4.98 Å². The summed E-state index contributed by atoms with van der Waals surface area (Å²) in [5, 5.41) is 7.41. The van der Waals surface area contributed by atoms with E-state index in [0.29, 0.717) is 29.1 Å². The number of amides is 1. The van der Waals surface area contributed by atoms with Crippen LogP contribution in [0.15, 0.2) is 56.6 Å². The number of thioether (sulfide) groups is 1. The molecule has 0 saturated heterocycles. The van der Waals surface area contributed by atoms with Gasteiger partial charge in [-0.05, 0) is 49.2 Å². The summed E-state index contributed by atoms with van der Waals surface area (Å²) in [6.07, 6.45) is 0.657. The first-order valence-corrected chi connectivity index (χ1v) is 10.2. The Balaban J connectivity index is 1.27. The number of hydrogen-bond acceptors (Lipinski definition) is 7. The van der Waals surface area contributed by atoms with Crippen LogP contribution in [0.1, 0.15) is 29.3 Å². The lowest BCUT2D eigenvalue weighted by Crippen LogP contribution is -2.12. The van der Waals surface area contributed by atoms with Crippen molar-refractivity contribution in [1.29, 1.82) is 0 Å². The largest absolute Gasteiger partial charge is 0.431 e. The maximum atomic E-state index is 12.2. The van der Waals surface area contributed by atoms with Crippen molar-refractivity contribution in [2.75, 3.05) is 5.32 Å². The fourth-order valence-electron chi connectivity index (χ4n) is 2.75. The summed E-state index contributed by atoms with van der Waals surface area (Å²) < 4.78 is 10.9. The standard InChI is InChI=1S/C21H20N4O3S/c1-13-7-8-15(11-14(13)2)22-19(26)9-10-20-24-18(25-28-20)12-29-21-23-16-5-3-4-6-17(16)27-21/h3-8,11H,9-10,12H2,1-2H3,(H,22,26). The highest BCUT2D eigenvalue weighted by molar-refractivity contribution is 7.98. The zero-order valence-corrected chi connectivity index (χ0v) is 17.0. The van der Waals surface area contributed by atoms with E-state index >= 15 is 0 Å². The van der Waals surface area contributed by atoms with E-state index in [1.165, 1.54) is 17.3 Å². The molecule has 7 nitrogen and oxygen atoms in total. The summed E-state index contributed by atoms with van der Waals surface area (Å²) in [5.41, 5.74) is 4.69. The second kappa shape index (κ2) is 8.48. The van der Waals surface area contributed by atoms with Gasteiger partial charge >= 0.3 is 0 Å². The van der Waals surface area contributed by atoms with Crippen molar-refractivity contribution in [3.05, 3.63) is 65.3 Å². The molecule has 0 atom stereocenters. The van der Waals surface area contributed by atoms with E-state index in [9.17, 15) is 4.79 Å². The molecule has 4 rings (SSSR count). The molecule has 0 unspecified atom stereocenters. The molecule has 2 aromatic carbocycles. The van der Waals surface area contributed by atoms with E-state index in [1.54, 1.807) is 0 Å². The van der Waals surface area contributed by atoms with Gasteiger partial charge in [0.25, 0.3) is 5.22 Å². The maximum Gasteiger partial charge on any atom is 0.257 e. The number of para-hydroxylation sites is 2. The number of aryl methyl sites for hydroxylation is 3. The molecule has 8 heteroatoms. The average molecular weight is 408 g/mol. The van der Waals surface area contributed by atoms with Gasteiger partial charge in [0.15, 0.2) is 11.4 Å². The van der Waals surface area contributed by atoms with Crippen molar-refractivity contribution in [3.63, 3.8) is 0 Å². The Bertz CT molecular complexity index is 1120. The van der Waals surface area contributed by atoms with Gasteiger partial charge in [-0.3, -0.25) is 4.79 Å². The molecule has 29 heavy (non-hydrogen) atoms. The minimum atomic E-state index is -0.0890. The Morgan fingerprint density at radius 3 is 2.79 bits per heavy atom. The minimum absolute atomic E-state index is 0.0890. The van der Waals surface area contributed by atoms with Crippen LogP contribution in [0.2, 0.25) is 0 Å². The van der Waals surface area contributed by atoms with Crippen molar-refractivity contribution < 1.29 is 13.7 Å². The number of carbonyl (C=O) groups is 1. The van der Waals surface area contributed by atoms with Crippen LogP contribution in [-0.4, -0.2) is 21.0 Å². The highest BCUT2D eigenvalue weighted by atomic mass is 32.2. The highest BCUT2D eigenvalue weighted by Crippen LogP contribution is 2.25. The van der Waals surface area contributed by atoms with E-state index in [2.05, 4.69) is 20.4 Å². The smallest absolute Gasteiger partial charge is 0.257 e. The van der Waals surface area contributed by atoms with Gasteiger partial charge in [0.1, 0.15) is 5.52 Å². The highest BCUT2D eigenvalue weighted by Gasteiger charge is 2.12. The van der Waals surface area contributed by atoms with Crippen molar-refractivity contribution in [2.45, 2.75) is 37.7 Å². The van der Waals surface area contributed by atoms with Crippen LogP contribution in [0.25, 0.3) is 11.1 Å². The number of rotatable bonds is 7. The minimum Gasteiger partial charge on any atom is -0.431 e. The first kappa shape index (κ1) is 19.2. The Hall–Kier alpha value is -3.13. The number of fused-ring (bicyclic) bond motifs is 1. The molecule has 0 aliphatic heterocycles. The molecule has 0 spiro atoms. The molecule has 1 amide bonds. The van der Waals surface area contributed by atoms with Crippen LogP contribution in [0.4, 0.5) is 5.69 Å². The molecule has 0 aliphatic carbocycles. The fourth-order valence-corrected chi connectivity index (χ4v) is 3.43. The number of hydrogen-bond donors (Lipinski definition) is 1. The number of nitrogens with zero attached hydrogens (tertiary/aromatic N) is 3. The average Bonchev–Trinajstić information content (AvgIpc) is 3.34. The second-order valence-electron chi connectivity index (χ2n) is 6.69. The Labute approximate surface area is 171 Å². The van der Waals surface area contributed by atoms with Crippen LogP contribution in [0.5, 0.6) is 0 Å². The molecule has 1 N–H and O–H groups in total. The third kappa shape index (κ3) is 4.83. The van der Waals surface area contributed by atoms with E-state index in [0.717, 1.165) is 22.4 Å². The molecule has 0 aliphatic rings. The summed E-state index contributed by atoms with van der Waals surface area (Å²) in [6.45, 7) is 4.06. The SMILES string of the molecule is Cc1ccc(NC(=O)CCc2nc(CSc3nc4ccccc4o3)no2)cc1C. The molecule has 0 saturated carbocycles. The Morgan fingerprint density at radius 1 is 1.10 bits per heavy atom. The lowest BCUT2D eigenvalue weighted by atomic mass is 10.1. The summed E-state index contributed by atoms with van der Waals surface area (Å²) in [5.74, 6) is 1.37. The monoisotopic (exact) mass is 408 g/mol. The van der Waals surface area contributed by atoms with Crippen LogP contribution < -0.4 is 5.32 Å². The van der Waals surface area contributed by atoms with Gasteiger partial charge in [-0.25, -0.2) is 4.98 Å². The van der Waals surface area contributed by atoms with Gasteiger partial charge in [0, 0.05) is 18.5 Å². The third-order valence-electron chi connectivity index (χ3n) is 4.47. The molecular formula is C21H20N4O3S. The number of oxazole rings is 1. The Kier molecular flexibility index (Phi) is 5.62. The van der Waals surface area contributed by atoms with Crippen LogP contribution in [0.3, 0.4) is 0 Å². The van der Waals surface area contributed by atoms with Crippen molar-refractivity contribution >= 4 is 34.5 Å². The van der Waals surface area contributed by atoms with Crippen molar-refractivity contribution in [1.82, 2.24) is 15.1 Å². The number of nitrogens with one attached hydrogen (secondary N) is 1. The first-order chi connectivity index (χ1) is 14.1. The summed E-state index contributed by atoms with van der Waals surface area (Å²) in [4.78, 5) is 20.9. The van der Waals surface area contributed by atoms with Gasteiger partial charge in [-0.1, -0.05) is 35.1 Å². The van der Waals surface area contributed by atoms with Crippen LogP contribution in [0, 0.1) is 13.8 Å². The molecule has 2 heterocycles. The Morgan fingerprint density at radius 2 is 1.97 bits per heavy atom. The maximum absolute atomic E-state index is 12.2. The number of benzene rings is 2. The topological polar surface area (TPSA) is 94.1 Å². The lowest BCUT2D eigenvalue weighted by molar-refractivity contribution is -0.116. The van der Waals surface area contributed by atoms with Crippen molar-refractivity contribution in [2.24, 2.45) is 0 Å². The molecule has 0 fully saturated rings. The zero-order chi connectivity index (χ0) is 20.2. The van der Waals surface area contributed by atoms with Crippen LogP contribution >= 0.6 is 11.8 Å². The van der Waals surface area contributed by atoms with E-state index < -0.39 is 0 Å². The molecule has 0 bridgehead atoms. The lowest BCUT2D eigenvalue weighted by Gasteiger charge is -2.06. The van der Waals surface area contributed by atoms with E-state index in [1.807, 2.05) is 56.3 Å². The summed E-state index contributed by atoms with van der Waals surface area (Å²) >= 11 is 1.40. The second-order valence-corrected chi connectivity index (χ2v) is 7.61. The molecule has 0 radical (unpaired) electrons. The van der Waals surface area contributed by atoms with E-state index in [-0.39, 0.29) is 12.3 Å². The normalized spacial score (nSPS) is 11.1. The van der Waals surface area contributed by atoms with Gasteiger partial charge in [0.05, 0.1) is 5.75 Å². The van der Waals surface area contributed by atoms with Crippen LogP contribution in [-0.2, 0) is 17.0 Å². The van der Waals surface area contributed by atoms with Crippen molar-refractivity contribution in [3.8, 4) is 0 Å². The molecule has 4 aromatic rings. The fraction of sp³-hybridized carbons (Fsp3) is 0.238. The molecule has 148 valence electrons. The predicted octanol–water partition coefficient (Wildman–Crippen LogP) is 4.69. The molecular weight excluding hydrogens is 388 g/mol. The summed E-state index contributed by atoms with van der Waals surface area (Å²) in [6, 6.07) is 13.4. The summed E-state index contributed by atoms with van der Waals surface area (Å²) in [7, 11) is 0. The van der Waals surface area contributed by atoms with Gasteiger partial charge in [-0.15, -0.1) is 0 Å². The van der Waals surface area contributed by atoms with Gasteiger partial charge in [0.2, 0.25) is 11.8 Å². The zero-order valence-electron chi connectivity index (χ0n) is 16.1. The first-order valence-electron chi connectivity index (χ1n) is 9.24. The predicted molar refractivity (Wildman–Crippen MR) is 111 cm³/mol. The quantitative estimate of drug-likeness (QED) is 0.443. The number of carbonyl (C=O) groups excluding carboxylic acids is 1. The number of anilines is 1. The third-order valence-corrected chi connectivity index (χ3v) is 5.29.